The monoisotopic (exact) mass is 646 g/mol. The fraction of sp³-hybridized carbons (Fsp3) is 0.0606. The van der Waals surface area contributed by atoms with E-state index in [1.807, 2.05) is 0 Å². The van der Waals surface area contributed by atoms with Gasteiger partial charge in [-0.25, -0.2) is 0 Å². The summed E-state index contributed by atoms with van der Waals surface area (Å²) < 4.78 is 1.32. The van der Waals surface area contributed by atoms with Gasteiger partial charge in [0, 0.05) is 17.7 Å². The number of nitro groups is 1. The molecule has 0 saturated carbocycles. The molecule has 0 bridgehead atoms. The van der Waals surface area contributed by atoms with Crippen LogP contribution in [0.5, 0.6) is 0 Å². The standard InChI is InChI=1S/C33H19ClN6O7/c34-25-12-6-5-11-23(25)29(41)24-15-18(40(46)47)13-14-26(24)39-27(16-37-30(42)19-7-1-2-8-20(19)31(37)43)35-36-28(39)17-38-32(44)21-9-3-4-10-22(21)33(38)45/h1-15H,16-17H2. The van der Waals surface area contributed by atoms with E-state index in [1.54, 1.807) is 36.4 Å². The van der Waals surface area contributed by atoms with Crippen LogP contribution < -0.4 is 0 Å². The molecule has 0 radical (unpaired) electrons. The lowest BCUT2D eigenvalue weighted by molar-refractivity contribution is -0.384. The van der Waals surface area contributed by atoms with Crippen molar-refractivity contribution in [3.05, 3.63) is 151 Å². The first-order chi connectivity index (χ1) is 22.7. The van der Waals surface area contributed by atoms with Gasteiger partial charge in [-0.1, -0.05) is 48.0 Å². The third-order valence-corrected chi connectivity index (χ3v) is 8.28. The van der Waals surface area contributed by atoms with Crippen molar-refractivity contribution in [1.29, 1.82) is 0 Å². The second-order valence-electron chi connectivity index (χ2n) is 10.6. The molecule has 2 aliphatic rings. The highest BCUT2D eigenvalue weighted by molar-refractivity contribution is 6.35. The van der Waals surface area contributed by atoms with E-state index in [0.29, 0.717) is 0 Å². The van der Waals surface area contributed by atoms with Gasteiger partial charge in [0.05, 0.1) is 56.5 Å². The molecule has 13 nitrogen and oxygen atoms in total. The first kappa shape index (κ1) is 29.4. The Hall–Kier alpha value is -6.34. The summed E-state index contributed by atoms with van der Waals surface area (Å²) in [6, 6.07) is 22.2. The number of halogens is 1. The number of fused-ring (bicyclic) bond motifs is 2. The molecule has 0 atom stereocenters. The molecule has 230 valence electrons. The summed E-state index contributed by atoms with van der Waals surface area (Å²) in [7, 11) is 0. The summed E-state index contributed by atoms with van der Waals surface area (Å²) in [5.41, 5.74) is 0.274. The number of hydrogen-bond donors (Lipinski definition) is 0. The van der Waals surface area contributed by atoms with Crippen molar-refractivity contribution in [2.45, 2.75) is 13.1 Å². The molecule has 4 aromatic carbocycles. The summed E-state index contributed by atoms with van der Waals surface area (Å²) in [6.45, 7) is -0.837. The molecule has 2 aliphatic heterocycles. The van der Waals surface area contributed by atoms with Gasteiger partial charge in [-0.3, -0.25) is 48.5 Å². The fourth-order valence-electron chi connectivity index (χ4n) is 5.69. The van der Waals surface area contributed by atoms with Crippen LogP contribution in [0.1, 0.15) is 69.0 Å². The Bertz CT molecular complexity index is 2060. The number of ketones is 1. The van der Waals surface area contributed by atoms with Gasteiger partial charge in [-0.2, -0.15) is 0 Å². The van der Waals surface area contributed by atoms with Crippen molar-refractivity contribution in [2.75, 3.05) is 0 Å². The largest absolute Gasteiger partial charge is 0.288 e. The molecule has 4 amide bonds. The number of rotatable bonds is 8. The Morgan fingerprint density at radius 1 is 0.660 bits per heavy atom. The highest BCUT2D eigenvalue weighted by Gasteiger charge is 2.39. The predicted octanol–water partition coefficient (Wildman–Crippen LogP) is 4.65. The average molecular weight is 647 g/mol. The minimum atomic E-state index is -0.679. The van der Waals surface area contributed by atoms with Crippen molar-refractivity contribution in [2.24, 2.45) is 0 Å². The number of imide groups is 2. The highest BCUT2D eigenvalue weighted by Crippen LogP contribution is 2.31. The second kappa shape index (κ2) is 11.2. The van der Waals surface area contributed by atoms with Crippen LogP contribution in [0.4, 0.5) is 5.69 Å². The number of aromatic nitrogens is 3. The zero-order chi connectivity index (χ0) is 33.0. The molecule has 1 aromatic heterocycles. The lowest BCUT2D eigenvalue weighted by Gasteiger charge is -2.19. The maximum atomic E-state index is 14.0. The molecule has 47 heavy (non-hydrogen) atoms. The molecule has 0 spiro atoms. The van der Waals surface area contributed by atoms with Crippen molar-refractivity contribution >= 4 is 46.7 Å². The van der Waals surface area contributed by atoms with E-state index in [4.69, 9.17) is 11.6 Å². The molecular weight excluding hydrogens is 628 g/mol. The number of carbonyl (C=O) groups is 5. The van der Waals surface area contributed by atoms with E-state index in [-0.39, 0.29) is 55.7 Å². The number of benzene rings is 4. The van der Waals surface area contributed by atoms with E-state index in [9.17, 15) is 34.1 Å². The molecule has 14 heteroatoms. The summed E-state index contributed by atoms with van der Waals surface area (Å²) in [5.74, 6) is -3.06. The van der Waals surface area contributed by atoms with Crippen LogP contribution in [0, 0.1) is 10.1 Å². The quantitative estimate of drug-likeness (QED) is 0.101. The second-order valence-corrected chi connectivity index (χ2v) is 11.0. The van der Waals surface area contributed by atoms with E-state index in [1.165, 1.54) is 47.0 Å². The summed E-state index contributed by atoms with van der Waals surface area (Å²) in [6.07, 6.45) is 0. The molecule has 0 saturated heterocycles. The van der Waals surface area contributed by atoms with Crippen LogP contribution in [-0.4, -0.2) is 58.9 Å². The van der Waals surface area contributed by atoms with Crippen LogP contribution in [0.2, 0.25) is 5.02 Å². The van der Waals surface area contributed by atoms with Gasteiger partial charge in [-0.15, -0.1) is 10.2 Å². The molecule has 0 aliphatic carbocycles. The lowest BCUT2D eigenvalue weighted by atomic mass is 10.0. The number of hydrogen-bond acceptors (Lipinski definition) is 9. The van der Waals surface area contributed by atoms with E-state index >= 15 is 0 Å². The Kier molecular flexibility index (Phi) is 7.02. The van der Waals surface area contributed by atoms with Crippen LogP contribution in [0.25, 0.3) is 5.69 Å². The van der Waals surface area contributed by atoms with Crippen molar-refractivity contribution in [3.63, 3.8) is 0 Å². The Morgan fingerprint density at radius 3 is 1.55 bits per heavy atom. The van der Waals surface area contributed by atoms with Crippen LogP contribution >= 0.6 is 11.6 Å². The lowest BCUT2D eigenvalue weighted by Crippen LogP contribution is -2.32. The molecule has 5 aromatic rings. The topological polar surface area (TPSA) is 166 Å². The summed E-state index contributed by atoms with van der Waals surface area (Å²) >= 11 is 6.34. The van der Waals surface area contributed by atoms with Gasteiger partial charge in [0.15, 0.2) is 17.4 Å². The van der Waals surface area contributed by atoms with Crippen LogP contribution in [-0.2, 0) is 13.1 Å². The molecular formula is C33H19ClN6O7. The van der Waals surface area contributed by atoms with Gasteiger partial charge in [0.25, 0.3) is 29.3 Å². The molecule has 0 fully saturated rings. The van der Waals surface area contributed by atoms with Crippen molar-refractivity contribution in [1.82, 2.24) is 24.6 Å². The molecule has 3 heterocycles. The van der Waals surface area contributed by atoms with Crippen LogP contribution in [0.15, 0.2) is 91.0 Å². The summed E-state index contributed by atoms with van der Waals surface area (Å²) in [5, 5.41) is 20.3. The third-order valence-electron chi connectivity index (χ3n) is 7.95. The summed E-state index contributed by atoms with van der Waals surface area (Å²) in [4.78, 5) is 80.1. The number of nitrogens with zero attached hydrogens (tertiary/aromatic N) is 6. The normalized spacial score (nSPS) is 13.7. The Morgan fingerprint density at radius 2 is 1.11 bits per heavy atom. The van der Waals surface area contributed by atoms with E-state index in [0.717, 1.165) is 21.9 Å². The van der Waals surface area contributed by atoms with Gasteiger partial charge in [0.2, 0.25) is 0 Å². The maximum Gasteiger partial charge on any atom is 0.270 e. The minimum Gasteiger partial charge on any atom is -0.288 e. The first-order valence-corrected chi connectivity index (χ1v) is 14.4. The Labute approximate surface area is 269 Å². The van der Waals surface area contributed by atoms with Crippen LogP contribution in [0.3, 0.4) is 0 Å². The fourth-order valence-corrected chi connectivity index (χ4v) is 5.91. The number of non-ortho nitro benzene ring substituents is 1. The molecule has 0 N–H and O–H groups in total. The van der Waals surface area contributed by atoms with E-state index < -0.39 is 53.1 Å². The smallest absolute Gasteiger partial charge is 0.270 e. The van der Waals surface area contributed by atoms with E-state index in [2.05, 4.69) is 10.2 Å². The Balaban J connectivity index is 1.38. The first-order valence-electron chi connectivity index (χ1n) is 14.1. The minimum absolute atomic E-state index is 0.0202. The zero-order valence-electron chi connectivity index (χ0n) is 24.0. The third kappa shape index (κ3) is 4.76. The number of carbonyl (C=O) groups excluding carboxylic acids is 5. The predicted molar refractivity (Wildman–Crippen MR) is 164 cm³/mol. The van der Waals surface area contributed by atoms with Gasteiger partial charge in [-0.05, 0) is 42.5 Å². The van der Waals surface area contributed by atoms with Gasteiger partial charge >= 0.3 is 0 Å². The maximum absolute atomic E-state index is 14.0. The molecule has 0 unspecified atom stereocenters. The van der Waals surface area contributed by atoms with Crippen molar-refractivity contribution in [3.8, 4) is 5.69 Å². The average Bonchev–Trinajstić information content (AvgIpc) is 3.67. The zero-order valence-corrected chi connectivity index (χ0v) is 24.7. The SMILES string of the molecule is O=C(c1ccccc1Cl)c1cc([N+](=O)[O-])ccc1-n1c(CN2C(=O)c3ccccc3C2=O)nnc1CN1C(=O)c2ccccc2C1=O. The number of amides is 4. The van der Waals surface area contributed by atoms with Gasteiger partial charge < -0.3 is 0 Å². The number of nitro benzene ring substituents is 1. The highest BCUT2D eigenvalue weighted by atomic mass is 35.5. The van der Waals surface area contributed by atoms with Gasteiger partial charge in [0.1, 0.15) is 0 Å². The van der Waals surface area contributed by atoms with Crippen molar-refractivity contribution < 1.29 is 28.9 Å². The molecule has 7 rings (SSSR count).